The van der Waals surface area contributed by atoms with E-state index in [4.69, 9.17) is 0 Å². The van der Waals surface area contributed by atoms with E-state index in [0.29, 0.717) is 6.54 Å². The number of likely N-dealkylation sites (N-methyl/N-ethyl adjacent to an activating group) is 1. The molecule has 2 rings (SSSR count). The number of hydrogen-bond acceptors (Lipinski definition) is 4. The predicted octanol–water partition coefficient (Wildman–Crippen LogP) is 0.276. The first kappa shape index (κ1) is 19.0. The second kappa shape index (κ2) is 9.22. The van der Waals surface area contributed by atoms with Gasteiger partial charge in [-0.05, 0) is 26.8 Å². The largest absolute Gasteiger partial charge is 0.341 e. The van der Waals surface area contributed by atoms with Gasteiger partial charge in [0.15, 0.2) is 0 Å². The molecule has 7 heteroatoms. The van der Waals surface area contributed by atoms with Crippen LogP contribution in [0.2, 0.25) is 0 Å². The lowest BCUT2D eigenvalue weighted by molar-refractivity contribution is -0.130. The fourth-order valence-electron chi connectivity index (χ4n) is 3.36. The van der Waals surface area contributed by atoms with Gasteiger partial charge in [0, 0.05) is 58.4 Å². The summed E-state index contributed by atoms with van der Waals surface area (Å²) in [5, 5.41) is 3.06. The maximum atomic E-state index is 12.5. The van der Waals surface area contributed by atoms with Crippen LogP contribution in [0.15, 0.2) is 0 Å². The molecule has 2 saturated heterocycles. The molecule has 138 valence electrons. The molecule has 3 amide bonds. The van der Waals surface area contributed by atoms with Gasteiger partial charge in [0.1, 0.15) is 6.54 Å². The molecule has 7 nitrogen and oxygen atoms in total. The number of amides is 3. The van der Waals surface area contributed by atoms with Gasteiger partial charge in [-0.1, -0.05) is 6.92 Å². The molecule has 24 heavy (non-hydrogen) atoms. The topological polar surface area (TPSA) is 59.1 Å². The van der Waals surface area contributed by atoms with Crippen LogP contribution >= 0.6 is 0 Å². The van der Waals surface area contributed by atoms with Crippen LogP contribution in [0.3, 0.4) is 0 Å². The van der Waals surface area contributed by atoms with E-state index < -0.39 is 0 Å². The third kappa shape index (κ3) is 5.63. The number of nitrogens with zero attached hydrogens (tertiary/aromatic N) is 4. The first-order valence-corrected chi connectivity index (χ1v) is 9.23. The van der Waals surface area contributed by atoms with Crippen molar-refractivity contribution in [1.82, 2.24) is 24.9 Å². The lowest BCUT2D eigenvalue weighted by Gasteiger charge is -2.34. The van der Waals surface area contributed by atoms with Crippen LogP contribution in [0.25, 0.3) is 0 Å². The third-order valence-corrected chi connectivity index (χ3v) is 4.81. The molecule has 2 heterocycles. The molecule has 0 aromatic carbocycles. The Hall–Kier alpha value is -1.34. The minimum atomic E-state index is -0.108. The quantitative estimate of drug-likeness (QED) is 0.781. The monoisotopic (exact) mass is 339 g/mol. The van der Waals surface area contributed by atoms with E-state index in [1.807, 2.05) is 11.8 Å². The molecule has 0 bridgehead atoms. The van der Waals surface area contributed by atoms with Crippen molar-refractivity contribution < 1.29 is 9.59 Å². The number of hydrogen-bond donors (Lipinski definition) is 1. The van der Waals surface area contributed by atoms with Crippen molar-refractivity contribution >= 4 is 11.9 Å². The second-order valence-electron chi connectivity index (χ2n) is 7.11. The SMILES string of the molecule is CCCN1CCCN(C(=O)N[C@H](C)CN2CCN(C)CC2)CC1=O. The van der Waals surface area contributed by atoms with Crippen LogP contribution in [0.5, 0.6) is 0 Å². The van der Waals surface area contributed by atoms with E-state index in [0.717, 1.165) is 58.7 Å². The van der Waals surface area contributed by atoms with Gasteiger partial charge in [-0.25, -0.2) is 4.79 Å². The van der Waals surface area contributed by atoms with Gasteiger partial charge in [-0.15, -0.1) is 0 Å². The molecule has 0 aliphatic carbocycles. The van der Waals surface area contributed by atoms with Crippen molar-refractivity contribution in [3.05, 3.63) is 0 Å². The Balaban J connectivity index is 1.77. The number of piperazine rings is 1. The van der Waals surface area contributed by atoms with Crippen molar-refractivity contribution in [2.45, 2.75) is 32.7 Å². The fourth-order valence-corrected chi connectivity index (χ4v) is 3.36. The summed E-state index contributed by atoms with van der Waals surface area (Å²) in [6, 6.07) is -0.0191. The van der Waals surface area contributed by atoms with Gasteiger partial charge in [0.2, 0.25) is 5.91 Å². The average Bonchev–Trinajstić information content (AvgIpc) is 2.72. The Morgan fingerprint density at radius 3 is 2.54 bits per heavy atom. The Morgan fingerprint density at radius 2 is 1.88 bits per heavy atom. The molecule has 1 atom stereocenters. The molecule has 2 fully saturated rings. The maximum Gasteiger partial charge on any atom is 0.318 e. The molecule has 2 aliphatic heterocycles. The van der Waals surface area contributed by atoms with Crippen molar-refractivity contribution in [2.75, 3.05) is 66.0 Å². The Morgan fingerprint density at radius 1 is 1.17 bits per heavy atom. The summed E-state index contributed by atoms with van der Waals surface area (Å²) in [5.74, 6) is 0.0659. The van der Waals surface area contributed by atoms with E-state index in [9.17, 15) is 9.59 Å². The number of urea groups is 1. The molecule has 2 aliphatic rings. The van der Waals surface area contributed by atoms with Gasteiger partial charge >= 0.3 is 6.03 Å². The number of carbonyl (C=O) groups excluding carboxylic acids is 2. The number of carbonyl (C=O) groups is 2. The van der Waals surface area contributed by atoms with E-state index in [2.05, 4.69) is 29.1 Å². The van der Waals surface area contributed by atoms with Crippen molar-refractivity contribution in [3.63, 3.8) is 0 Å². The zero-order valence-corrected chi connectivity index (χ0v) is 15.5. The van der Waals surface area contributed by atoms with Crippen LogP contribution in [0.1, 0.15) is 26.7 Å². The summed E-state index contributed by atoms with van der Waals surface area (Å²) in [5.41, 5.74) is 0. The zero-order valence-electron chi connectivity index (χ0n) is 15.5. The minimum Gasteiger partial charge on any atom is -0.341 e. The van der Waals surface area contributed by atoms with Crippen molar-refractivity contribution in [1.29, 1.82) is 0 Å². The summed E-state index contributed by atoms with van der Waals surface area (Å²) in [4.78, 5) is 33.0. The molecule has 1 N–H and O–H groups in total. The Labute approximate surface area is 145 Å². The highest BCUT2D eigenvalue weighted by Crippen LogP contribution is 2.06. The zero-order chi connectivity index (χ0) is 17.5. The second-order valence-corrected chi connectivity index (χ2v) is 7.11. The van der Waals surface area contributed by atoms with Gasteiger partial charge in [0.25, 0.3) is 0 Å². The molecular weight excluding hydrogens is 306 g/mol. The summed E-state index contributed by atoms with van der Waals surface area (Å²) < 4.78 is 0. The van der Waals surface area contributed by atoms with Crippen LogP contribution in [-0.2, 0) is 4.79 Å². The van der Waals surface area contributed by atoms with E-state index in [1.165, 1.54) is 0 Å². The fraction of sp³-hybridized carbons (Fsp3) is 0.882. The lowest BCUT2D eigenvalue weighted by atomic mass is 10.2. The maximum absolute atomic E-state index is 12.5. The highest BCUT2D eigenvalue weighted by molar-refractivity contribution is 5.84. The summed E-state index contributed by atoms with van der Waals surface area (Å²) in [6.07, 6.45) is 1.81. The lowest BCUT2D eigenvalue weighted by Crippen LogP contribution is -2.52. The highest BCUT2D eigenvalue weighted by Gasteiger charge is 2.25. The van der Waals surface area contributed by atoms with Gasteiger partial charge in [-0.2, -0.15) is 0 Å². The molecule has 0 aromatic rings. The highest BCUT2D eigenvalue weighted by atomic mass is 16.2. The van der Waals surface area contributed by atoms with Crippen LogP contribution in [0, 0.1) is 0 Å². The Bertz CT molecular complexity index is 423. The molecule has 0 radical (unpaired) electrons. The van der Waals surface area contributed by atoms with Gasteiger partial charge < -0.3 is 20.0 Å². The number of nitrogens with one attached hydrogen (secondary N) is 1. The van der Waals surface area contributed by atoms with Gasteiger partial charge in [-0.3, -0.25) is 9.69 Å². The summed E-state index contributed by atoms with van der Waals surface area (Å²) in [6.45, 7) is 11.6. The van der Waals surface area contributed by atoms with Crippen LogP contribution < -0.4 is 5.32 Å². The summed E-state index contributed by atoms with van der Waals surface area (Å²) >= 11 is 0. The summed E-state index contributed by atoms with van der Waals surface area (Å²) in [7, 11) is 2.14. The van der Waals surface area contributed by atoms with Crippen molar-refractivity contribution in [3.8, 4) is 0 Å². The normalized spacial score (nSPS) is 22.4. The molecule has 0 unspecified atom stereocenters. The van der Waals surface area contributed by atoms with Gasteiger partial charge in [0.05, 0.1) is 0 Å². The Kier molecular flexibility index (Phi) is 7.30. The molecular formula is C17H33N5O2. The predicted molar refractivity (Wildman–Crippen MR) is 95.0 cm³/mol. The van der Waals surface area contributed by atoms with Crippen molar-refractivity contribution in [2.24, 2.45) is 0 Å². The van der Waals surface area contributed by atoms with E-state index in [-0.39, 0.29) is 24.5 Å². The van der Waals surface area contributed by atoms with Crippen LogP contribution in [-0.4, -0.2) is 104 Å². The average molecular weight is 339 g/mol. The van der Waals surface area contributed by atoms with Crippen LogP contribution in [0.4, 0.5) is 4.79 Å². The first-order valence-electron chi connectivity index (χ1n) is 9.23. The molecule has 0 spiro atoms. The molecule has 0 aromatic heterocycles. The van der Waals surface area contributed by atoms with E-state index >= 15 is 0 Å². The first-order chi connectivity index (χ1) is 11.5. The number of rotatable bonds is 5. The van der Waals surface area contributed by atoms with E-state index in [1.54, 1.807) is 4.90 Å². The molecule has 0 saturated carbocycles. The minimum absolute atomic E-state index is 0.0659. The third-order valence-electron chi connectivity index (χ3n) is 4.81. The smallest absolute Gasteiger partial charge is 0.318 e. The standard InChI is InChI=1S/C17H33N5O2/c1-4-6-21-7-5-8-22(14-16(21)23)17(24)18-15(2)13-20-11-9-19(3)10-12-20/h15H,4-14H2,1-3H3,(H,18,24)/t15-/m1/s1.